The standard InChI is InChI=1S/C16H14FNO2/c17-15-8-12(18)5-6-14(15)16(19)20-9-11-7-10-3-1-2-4-13(10)11/h1-6,8,11H,7,9,18H2. The molecule has 2 aromatic rings. The molecule has 20 heavy (non-hydrogen) atoms. The Labute approximate surface area is 116 Å². The summed E-state index contributed by atoms with van der Waals surface area (Å²) in [7, 11) is 0. The number of ether oxygens (including phenoxy) is 1. The van der Waals surface area contributed by atoms with Crippen LogP contribution in [0.5, 0.6) is 0 Å². The maximum absolute atomic E-state index is 13.6. The zero-order valence-electron chi connectivity index (χ0n) is 10.8. The maximum Gasteiger partial charge on any atom is 0.341 e. The highest BCUT2D eigenvalue weighted by molar-refractivity contribution is 5.90. The lowest BCUT2D eigenvalue weighted by atomic mass is 9.78. The molecule has 0 aromatic heterocycles. The molecule has 4 heteroatoms. The van der Waals surface area contributed by atoms with Crippen LogP contribution >= 0.6 is 0 Å². The Bertz CT molecular complexity index is 669. The fourth-order valence-electron chi connectivity index (χ4n) is 2.46. The Kier molecular flexibility index (Phi) is 3.14. The van der Waals surface area contributed by atoms with Crippen LogP contribution < -0.4 is 5.73 Å². The van der Waals surface area contributed by atoms with Crippen LogP contribution in [0.1, 0.15) is 27.4 Å². The second kappa shape index (κ2) is 4.96. The largest absolute Gasteiger partial charge is 0.461 e. The molecule has 0 saturated heterocycles. The summed E-state index contributed by atoms with van der Waals surface area (Å²) in [6, 6.07) is 12.0. The normalized spacial score (nSPS) is 16.1. The summed E-state index contributed by atoms with van der Waals surface area (Å²) in [6.45, 7) is 0.277. The molecule has 0 aliphatic heterocycles. The van der Waals surface area contributed by atoms with Gasteiger partial charge in [-0.3, -0.25) is 0 Å². The Balaban J connectivity index is 1.64. The summed E-state index contributed by atoms with van der Waals surface area (Å²) in [5.41, 5.74) is 8.14. The lowest BCUT2D eigenvalue weighted by molar-refractivity contribution is 0.0464. The number of hydrogen-bond donors (Lipinski definition) is 1. The molecule has 3 rings (SSSR count). The van der Waals surface area contributed by atoms with Gasteiger partial charge in [0, 0.05) is 11.6 Å². The van der Waals surface area contributed by atoms with Crippen molar-refractivity contribution >= 4 is 11.7 Å². The quantitative estimate of drug-likeness (QED) is 0.690. The van der Waals surface area contributed by atoms with Crippen molar-refractivity contribution in [2.24, 2.45) is 0 Å². The highest BCUT2D eigenvalue weighted by Gasteiger charge is 2.27. The van der Waals surface area contributed by atoms with Gasteiger partial charge >= 0.3 is 5.97 Å². The first-order valence-corrected chi connectivity index (χ1v) is 6.45. The molecule has 1 unspecified atom stereocenters. The summed E-state index contributed by atoms with van der Waals surface area (Å²) in [5, 5.41) is 0. The highest BCUT2D eigenvalue weighted by atomic mass is 19.1. The smallest absolute Gasteiger partial charge is 0.341 e. The van der Waals surface area contributed by atoms with E-state index in [4.69, 9.17) is 10.5 Å². The molecule has 0 spiro atoms. The lowest BCUT2D eigenvalue weighted by Gasteiger charge is -2.29. The number of anilines is 1. The molecule has 3 nitrogen and oxygen atoms in total. The third-order valence-corrected chi connectivity index (χ3v) is 3.59. The van der Waals surface area contributed by atoms with E-state index in [2.05, 4.69) is 6.07 Å². The third kappa shape index (κ3) is 2.25. The summed E-state index contributed by atoms with van der Waals surface area (Å²) in [6.07, 6.45) is 0.897. The monoisotopic (exact) mass is 271 g/mol. The van der Waals surface area contributed by atoms with Crippen molar-refractivity contribution in [2.45, 2.75) is 12.3 Å². The van der Waals surface area contributed by atoms with Crippen LogP contribution in [-0.2, 0) is 11.2 Å². The van der Waals surface area contributed by atoms with Crippen molar-refractivity contribution in [1.82, 2.24) is 0 Å². The van der Waals surface area contributed by atoms with E-state index in [0.717, 1.165) is 12.5 Å². The second-order valence-electron chi connectivity index (χ2n) is 4.94. The molecule has 0 fully saturated rings. The average Bonchev–Trinajstić information content (AvgIpc) is 2.39. The van der Waals surface area contributed by atoms with Gasteiger partial charge in [0.1, 0.15) is 5.82 Å². The van der Waals surface area contributed by atoms with Crippen molar-refractivity contribution in [3.63, 3.8) is 0 Å². The first-order chi connectivity index (χ1) is 9.65. The van der Waals surface area contributed by atoms with Gasteiger partial charge in [-0.2, -0.15) is 0 Å². The Morgan fingerprint density at radius 2 is 2.10 bits per heavy atom. The van der Waals surface area contributed by atoms with E-state index in [9.17, 15) is 9.18 Å². The number of hydrogen-bond acceptors (Lipinski definition) is 3. The lowest BCUT2D eigenvalue weighted by Crippen LogP contribution is -2.23. The number of fused-ring (bicyclic) bond motifs is 1. The molecule has 1 aliphatic rings. The van der Waals surface area contributed by atoms with Gasteiger partial charge in [0.25, 0.3) is 0 Å². The molecule has 1 atom stereocenters. The highest BCUT2D eigenvalue weighted by Crippen LogP contribution is 2.34. The van der Waals surface area contributed by atoms with Crippen LogP contribution in [-0.4, -0.2) is 12.6 Å². The predicted octanol–water partition coefficient (Wildman–Crippen LogP) is 2.90. The zero-order valence-corrected chi connectivity index (χ0v) is 10.8. The molecule has 0 radical (unpaired) electrons. The minimum atomic E-state index is -0.649. The summed E-state index contributed by atoms with van der Waals surface area (Å²) < 4.78 is 18.8. The predicted molar refractivity (Wildman–Crippen MR) is 74.0 cm³/mol. The van der Waals surface area contributed by atoms with E-state index in [1.807, 2.05) is 18.2 Å². The van der Waals surface area contributed by atoms with Crippen LogP contribution in [0.3, 0.4) is 0 Å². The Morgan fingerprint density at radius 1 is 1.30 bits per heavy atom. The number of carbonyl (C=O) groups is 1. The van der Waals surface area contributed by atoms with Gasteiger partial charge in [0.05, 0.1) is 12.2 Å². The molecular weight excluding hydrogens is 257 g/mol. The number of rotatable bonds is 3. The molecule has 0 saturated carbocycles. The van der Waals surface area contributed by atoms with E-state index < -0.39 is 11.8 Å². The van der Waals surface area contributed by atoms with Gasteiger partial charge in [0.15, 0.2) is 0 Å². The minimum Gasteiger partial charge on any atom is -0.461 e. The zero-order chi connectivity index (χ0) is 14.1. The van der Waals surface area contributed by atoms with Crippen LogP contribution in [0.4, 0.5) is 10.1 Å². The second-order valence-corrected chi connectivity index (χ2v) is 4.94. The van der Waals surface area contributed by atoms with Gasteiger partial charge < -0.3 is 10.5 Å². The first-order valence-electron chi connectivity index (χ1n) is 6.45. The average molecular weight is 271 g/mol. The number of benzene rings is 2. The van der Waals surface area contributed by atoms with E-state index in [0.29, 0.717) is 0 Å². The molecular formula is C16H14FNO2. The molecule has 0 amide bonds. The fourth-order valence-corrected chi connectivity index (χ4v) is 2.46. The van der Waals surface area contributed by atoms with Crippen LogP contribution in [0.15, 0.2) is 42.5 Å². The third-order valence-electron chi connectivity index (χ3n) is 3.59. The topological polar surface area (TPSA) is 52.3 Å². The van der Waals surface area contributed by atoms with Gasteiger partial charge in [-0.25, -0.2) is 9.18 Å². The number of nitrogen functional groups attached to an aromatic ring is 1. The van der Waals surface area contributed by atoms with E-state index in [-0.39, 0.29) is 23.8 Å². The van der Waals surface area contributed by atoms with Gasteiger partial charge in [-0.1, -0.05) is 24.3 Å². The van der Waals surface area contributed by atoms with Crippen molar-refractivity contribution in [3.8, 4) is 0 Å². The number of halogens is 1. The Hall–Kier alpha value is -2.36. The number of carbonyl (C=O) groups excluding carboxylic acids is 1. The van der Waals surface area contributed by atoms with E-state index in [1.54, 1.807) is 0 Å². The number of nitrogens with two attached hydrogens (primary N) is 1. The summed E-state index contributed by atoms with van der Waals surface area (Å²) >= 11 is 0. The van der Waals surface area contributed by atoms with Crippen molar-refractivity contribution in [1.29, 1.82) is 0 Å². The maximum atomic E-state index is 13.6. The van der Waals surface area contributed by atoms with Crippen molar-refractivity contribution in [3.05, 3.63) is 65.0 Å². The molecule has 1 aliphatic carbocycles. The summed E-state index contributed by atoms with van der Waals surface area (Å²) in [5.74, 6) is -1.08. The molecule has 0 heterocycles. The number of esters is 1. The van der Waals surface area contributed by atoms with Gasteiger partial charge in [-0.15, -0.1) is 0 Å². The van der Waals surface area contributed by atoms with Crippen LogP contribution in [0, 0.1) is 5.82 Å². The van der Waals surface area contributed by atoms with E-state index >= 15 is 0 Å². The van der Waals surface area contributed by atoms with Crippen LogP contribution in [0.2, 0.25) is 0 Å². The van der Waals surface area contributed by atoms with Crippen molar-refractivity contribution in [2.75, 3.05) is 12.3 Å². The molecule has 2 N–H and O–H groups in total. The molecule has 102 valence electrons. The summed E-state index contributed by atoms with van der Waals surface area (Å²) in [4.78, 5) is 11.8. The fraction of sp³-hybridized carbons (Fsp3) is 0.188. The molecule has 0 bridgehead atoms. The molecule has 2 aromatic carbocycles. The van der Waals surface area contributed by atoms with Gasteiger partial charge in [-0.05, 0) is 35.7 Å². The van der Waals surface area contributed by atoms with E-state index in [1.165, 1.54) is 23.3 Å². The Morgan fingerprint density at radius 3 is 2.85 bits per heavy atom. The van der Waals surface area contributed by atoms with Gasteiger partial charge in [0.2, 0.25) is 0 Å². The van der Waals surface area contributed by atoms with Crippen LogP contribution in [0.25, 0.3) is 0 Å². The van der Waals surface area contributed by atoms with Crippen molar-refractivity contribution < 1.29 is 13.9 Å². The SMILES string of the molecule is Nc1ccc(C(=O)OCC2Cc3ccccc32)c(F)c1. The first kappa shape index (κ1) is 12.7. The minimum absolute atomic E-state index is 0.0770.